The first kappa shape index (κ1) is 10.7. The summed E-state index contributed by atoms with van der Waals surface area (Å²) in [5, 5.41) is 0. The smallest absolute Gasteiger partial charge is 0.0424 e. The minimum atomic E-state index is 0.150. The third-order valence-electron chi connectivity index (χ3n) is 3.41. The molecule has 0 amide bonds. The monoisotopic (exact) mass is 204 g/mol. The standard InChI is InChI=1S/C13H20N2/c1-15(12-8-5-9-12)10-13(14)11-6-3-2-4-7-11/h2-4,6-7,12-13H,5,8-10,14H2,1H3. The van der Waals surface area contributed by atoms with Gasteiger partial charge in [-0.3, -0.25) is 0 Å². The van der Waals surface area contributed by atoms with Gasteiger partial charge in [-0.05, 0) is 25.5 Å². The second-order valence-electron chi connectivity index (χ2n) is 4.54. The van der Waals surface area contributed by atoms with Gasteiger partial charge in [0.1, 0.15) is 0 Å². The van der Waals surface area contributed by atoms with Crippen molar-refractivity contribution in [3.05, 3.63) is 35.9 Å². The molecule has 1 atom stereocenters. The molecule has 1 aromatic carbocycles. The SMILES string of the molecule is CN(CC(N)c1ccccc1)C1CCC1. The molecule has 2 nitrogen and oxygen atoms in total. The first-order valence-corrected chi connectivity index (χ1v) is 5.78. The van der Waals surface area contributed by atoms with Crippen LogP contribution in [0.25, 0.3) is 0 Å². The van der Waals surface area contributed by atoms with Crippen molar-refractivity contribution in [2.24, 2.45) is 5.73 Å². The molecule has 2 N–H and O–H groups in total. The molecule has 0 spiro atoms. The summed E-state index contributed by atoms with van der Waals surface area (Å²) in [6, 6.07) is 11.3. The van der Waals surface area contributed by atoms with Crippen LogP contribution in [0.15, 0.2) is 30.3 Å². The van der Waals surface area contributed by atoms with Crippen LogP contribution in [-0.4, -0.2) is 24.5 Å². The average molecular weight is 204 g/mol. The quantitative estimate of drug-likeness (QED) is 0.814. The molecule has 0 radical (unpaired) electrons. The number of hydrogen-bond acceptors (Lipinski definition) is 2. The van der Waals surface area contributed by atoms with E-state index >= 15 is 0 Å². The second kappa shape index (κ2) is 4.77. The Kier molecular flexibility index (Phi) is 3.39. The average Bonchev–Trinajstić information content (AvgIpc) is 2.16. The predicted molar refractivity (Wildman–Crippen MR) is 63.6 cm³/mol. The van der Waals surface area contributed by atoms with E-state index in [4.69, 9.17) is 5.73 Å². The Morgan fingerprint density at radius 3 is 2.53 bits per heavy atom. The maximum atomic E-state index is 6.17. The zero-order chi connectivity index (χ0) is 10.7. The Morgan fingerprint density at radius 2 is 2.00 bits per heavy atom. The molecule has 82 valence electrons. The zero-order valence-corrected chi connectivity index (χ0v) is 9.39. The van der Waals surface area contributed by atoms with Gasteiger partial charge in [-0.25, -0.2) is 0 Å². The number of hydrogen-bond donors (Lipinski definition) is 1. The molecular formula is C13H20N2. The van der Waals surface area contributed by atoms with Crippen LogP contribution in [0, 0.1) is 0 Å². The van der Waals surface area contributed by atoms with E-state index in [0.29, 0.717) is 0 Å². The lowest BCUT2D eigenvalue weighted by Gasteiger charge is -2.36. The summed E-state index contributed by atoms with van der Waals surface area (Å²) in [5.41, 5.74) is 7.41. The van der Waals surface area contributed by atoms with E-state index < -0.39 is 0 Å². The molecule has 2 rings (SSSR count). The Morgan fingerprint density at radius 1 is 1.33 bits per heavy atom. The summed E-state index contributed by atoms with van der Waals surface area (Å²) < 4.78 is 0. The van der Waals surface area contributed by atoms with Gasteiger partial charge in [0, 0.05) is 18.6 Å². The van der Waals surface area contributed by atoms with Gasteiger partial charge in [0.25, 0.3) is 0 Å². The number of benzene rings is 1. The molecule has 1 unspecified atom stereocenters. The van der Waals surface area contributed by atoms with Crippen LogP contribution >= 0.6 is 0 Å². The molecule has 0 aliphatic heterocycles. The molecule has 1 fully saturated rings. The molecule has 0 aromatic heterocycles. The summed E-state index contributed by atoms with van der Waals surface area (Å²) in [7, 11) is 2.19. The van der Waals surface area contributed by atoms with Gasteiger partial charge in [0.05, 0.1) is 0 Å². The van der Waals surface area contributed by atoms with Gasteiger partial charge in [0.15, 0.2) is 0 Å². The van der Waals surface area contributed by atoms with Crippen LogP contribution in [0.1, 0.15) is 30.9 Å². The van der Waals surface area contributed by atoms with Gasteiger partial charge in [-0.1, -0.05) is 36.8 Å². The summed E-state index contributed by atoms with van der Waals surface area (Å²) in [6.07, 6.45) is 4.08. The van der Waals surface area contributed by atoms with Crippen molar-refractivity contribution in [3.8, 4) is 0 Å². The van der Waals surface area contributed by atoms with E-state index in [0.717, 1.165) is 12.6 Å². The van der Waals surface area contributed by atoms with Crippen molar-refractivity contribution in [2.75, 3.05) is 13.6 Å². The van der Waals surface area contributed by atoms with Crippen molar-refractivity contribution in [1.29, 1.82) is 0 Å². The lowest BCUT2D eigenvalue weighted by Crippen LogP contribution is -2.41. The molecule has 15 heavy (non-hydrogen) atoms. The minimum Gasteiger partial charge on any atom is -0.323 e. The normalized spacial score (nSPS) is 18.9. The Labute approximate surface area is 92.1 Å². The number of nitrogens with two attached hydrogens (primary N) is 1. The zero-order valence-electron chi connectivity index (χ0n) is 9.39. The van der Waals surface area contributed by atoms with E-state index in [1.165, 1.54) is 24.8 Å². The van der Waals surface area contributed by atoms with Crippen molar-refractivity contribution >= 4 is 0 Å². The lowest BCUT2D eigenvalue weighted by molar-refractivity contribution is 0.152. The van der Waals surface area contributed by atoms with Crippen LogP contribution < -0.4 is 5.73 Å². The van der Waals surface area contributed by atoms with Crippen molar-refractivity contribution in [1.82, 2.24) is 4.90 Å². The summed E-state index contributed by atoms with van der Waals surface area (Å²) >= 11 is 0. The molecule has 1 saturated carbocycles. The second-order valence-corrected chi connectivity index (χ2v) is 4.54. The topological polar surface area (TPSA) is 29.3 Å². The van der Waals surface area contributed by atoms with Gasteiger partial charge in [-0.15, -0.1) is 0 Å². The molecule has 1 aromatic rings. The fourth-order valence-electron chi connectivity index (χ4n) is 2.09. The summed E-state index contributed by atoms with van der Waals surface area (Å²) in [6.45, 7) is 0.967. The van der Waals surface area contributed by atoms with Crippen molar-refractivity contribution < 1.29 is 0 Å². The maximum absolute atomic E-state index is 6.17. The van der Waals surface area contributed by atoms with Crippen LogP contribution in [0.4, 0.5) is 0 Å². The highest BCUT2D eigenvalue weighted by molar-refractivity contribution is 5.18. The van der Waals surface area contributed by atoms with E-state index in [1.54, 1.807) is 0 Å². The van der Waals surface area contributed by atoms with Crippen molar-refractivity contribution in [2.45, 2.75) is 31.3 Å². The minimum absolute atomic E-state index is 0.150. The van der Waals surface area contributed by atoms with E-state index in [2.05, 4.69) is 36.2 Å². The maximum Gasteiger partial charge on any atom is 0.0424 e. The molecule has 2 heteroatoms. The van der Waals surface area contributed by atoms with E-state index in [1.807, 2.05) is 6.07 Å². The molecule has 1 aliphatic rings. The van der Waals surface area contributed by atoms with Gasteiger partial charge in [0.2, 0.25) is 0 Å². The highest BCUT2D eigenvalue weighted by Gasteiger charge is 2.23. The summed E-state index contributed by atoms with van der Waals surface area (Å²) in [4.78, 5) is 2.40. The van der Waals surface area contributed by atoms with Crippen molar-refractivity contribution in [3.63, 3.8) is 0 Å². The Balaban J connectivity index is 1.88. The molecule has 0 heterocycles. The van der Waals surface area contributed by atoms with E-state index in [9.17, 15) is 0 Å². The van der Waals surface area contributed by atoms with Crippen LogP contribution in [0.3, 0.4) is 0 Å². The number of likely N-dealkylation sites (N-methyl/N-ethyl adjacent to an activating group) is 1. The number of rotatable bonds is 4. The highest BCUT2D eigenvalue weighted by Crippen LogP contribution is 2.24. The van der Waals surface area contributed by atoms with Crippen LogP contribution in [0.5, 0.6) is 0 Å². The van der Waals surface area contributed by atoms with Crippen LogP contribution in [-0.2, 0) is 0 Å². The van der Waals surface area contributed by atoms with E-state index in [-0.39, 0.29) is 6.04 Å². The van der Waals surface area contributed by atoms with Gasteiger partial charge in [-0.2, -0.15) is 0 Å². The fourth-order valence-corrected chi connectivity index (χ4v) is 2.09. The molecular weight excluding hydrogens is 184 g/mol. The largest absolute Gasteiger partial charge is 0.323 e. The first-order chi connectivity index (χ1) is 7.27. The van der Waals surface area contributed by atoms with Gasteiger partial charge >= 0.3 is 0 Å². The van der Waals surface area contributed by atoms with Gasteiger partial charge < -0.3 is 10.6 Å². The molecule has 0 saturated heterocycles. The third kappa shape index (κ3) is 2.58. The predicted octanol–water partition coefficient (Wildman–Crippen LogP) is 2.17. The Bertz CT molecular complexity index is 293. The molecule has 1 aliphatic carbocycles. The molecule has 0 bridgehead atoms. The van der Waals surface area contributed by atoms with Crippen LogP contribution in [0.2, 0.25) is 0 Å². The highest BCUT2D eigenvalue weighted by atomic mass is 15.1. The Hall–Kier alpha value is -0.860. The number of nitrogens with zero attached hydrogens (tertiary/aromatic N) is 1. The fraction of sp³-hybridized carbons (Fsp3) is 0.538. The third-order valence-corrected chi connectivity index (χ3v) is 3.41. The lowest BCUT2D eigenvalue weighted by atomic mass is 9.91. The first-order valence-electron chi connectivity index (χ1n) is 5.78. The summed E-state index contributed by atoms with van der Waals surface area (Å²) in [5.74, 6) is 0.